The molecule has 48 heavy (non-hydrogen) atoms. The predicted molar refractivity (Wildman–Crippen MR) is 194 cm³/mol. The standard InChI is InChI=1S/C20H26O4S.C9H10O3S.C9H10O/c1-3-18(12-15(2)19-8-4-16(13-21)5-9-19)20-10-6-17(7-11-20)14-25(22,23)24;1-2-8-3-5-9(6-4-8)7-13(10,11)12;1-2-8-3-5-9(7-10)6-4-8/h4-11,15,18,21H,3,12-14H2,1-2H3,(H,22,23,24);2-6H,1,7H2,(H,10,11,12);2-6,10H,1,7H2. The van der Waals surface area contributed by atoms with E-state index in [9.17, 15) is 16.8 Å². The third kappa shape index (κ3) is 15.3. The lowest BCUT2D eigenvalue weighted by molar-refractivity contribution is 0.281. The predicted octanol–water partition coefficient (Wildman–Crippen LogP) is 7.79. The summed E-state index contributed by atoms with van der Waals surface area (Å²) in [5, 5.41) is 17.8. The van der Waals surface area contributed by atoms with Crippen LogP contribution in [0.25, 0.3) is 12.2 Å². The van der Waals surface area contributed by atoms with Gasteiger partial charge in [-0.3, -0.25) is 9.11 Å². The van der Waals surface area contributed by atoms with Crippen molar-refractivity contribution in [1.29, 1.82) is 0 Å². The Balaban J connectivity index is 0.000000288. The third-order valence-corrected chi connectivity index (χ3v) is 9.02. The van der Waals surface area contributed by atoms with Crippen LogP contribution in [0.15, 0.2) is 110 Å². The zero-order chi connectivity index (χ0) is 35.7. The van der Waals surface area contributed by atoms with Gasteiger partial charge in [0.25, 0.3) is 20.2 Å². The van der Waals surface area contributed by atoms with Crippen LogP contribution in [0, 0.1) is 0 Å². The summed E-state index contributed by atoms with van der Waals surface area (Å²) in [4.78, 5) is 0. The van der Waals surface area contributed by atoms with Crippen molar-refractivity contribution in [2.24, 2.45) is 0 Å². The lowest BCUT2D eigenvalue weighted by Crippen LogP contribution is -2.05. The molecule has 8 nitrogen and oxygen atoms in total. The highest BCUT2D eigenvalue weighted by atomic mass is 32.2. The van der Waals surface area contributed by atoms with E-state index in [1.807, 2.05) is 48.5 Å². The molecule has 0 saturated heterocycles. The highest BCUT2D eigenvalue weighted by Gasteiger charge is 2.16. The first kappa shape index (κ1) is 40.3. The van der Waals surface area contributed by atoms with E-state index in [2.05, 4.69) is 39.1 Å². The monoisotopic (exact) mass is 694 g/mol. The van der Waals surface area contributed by atoms with Gasteiger partial charge in [0, 0.05) is 0 Å². The molecule has 2 atom stereocenters. The zero-order valence-corrected chi connectivity index (χ0v) is 29.1. The summed E-state index contributed by atoms with van der Waals surface area (Å²) < 4.78 is 60.4. The lowest BCUT2D eigenvalue weighted by Gasteiger charge is -2.21. The van der Waals surface area contributed by atoms with Gasteiger partial charge in [-0.2, -0.15) is 16.8 Å². The van der Waals surface area contributed by atoms with Gasteiger partial charge in [0.2, 0.25) is 0 Å². The molecule has 4 rings (SSSR count). The van der Waals surface area contributed by atoms with Crippen LogP contribution in [-0.4, -0.2) is 36.2 Å². The Morgan fingerprint density at radius 3 is 1.25 bits per heavy atom. The summed E-state index contributed by atoms with van der Waals surface area (Å²) in [5.41, 5.74) is 7.43. The molecule has 0 heterocycles. The number of hydrogen-bond acceptors (Lipinski definition) is 6. The number of benzene rings is 4. The largest absolute Gasteiger partial charge is 0.392 e. The van der Waals surface area contributed by atoms with Crippen LogP contribution < -0.4 is 0 Å². The summed E-state index contributed by atoms with van der Waals surface area (Å²) in [6, 6.07) is 29.9. The van der Waals surface area contributed by atoms with Gasteiger partial charge >= 0.3 is 0 Å². The Morgan fingerprint density at radius 1 is 0.583 bits per heavy atom. The normalized spacial score (nSPS) is 12.4. The van der Waals surface area contributed by atoms with Gasteiger partial charge in [-0.1, -0.05) is 136 Å². The molecule has 0 aromatic heterocycles. The number of hydrogen-bond donors (Lipinski definition) is 4. The Morgan fingerprint density at radius 2 is 0.917 bits per heavy atom. The molecule has 0 fully saturated rings. The maximum Gasteiger partial charge on any atom is 0.269 e. The summed E-state index contributed by atoms with van der Waals surface area (Å²) >= 11 is 0. The Labute approximate surface area is 285 Å². The van der Waals surface area contributed by atoms with Crippen molar-refractivity contribution in [3.05, 3.63) is 155 Å². The van der Waals surface area contributed by atoms with Crippen molar-refractivity contribution in [3.8, 4) is 0 Å². The van der Waals surface area contributed by atoms with Crippen molar-refractivity contribution >= 4 is 32.4 Å². The summed E-state index contributed by atoms with van der Waals surface area (Å²) in [5.74, 6) is 0.0738. The molecule has 0 saturated carbocycles. The van der Waals surface area contributed by atoms with Crippen LogP contribution >= 0.6 is 0 Å². The van der Waals surface area contributed by atoms with Crippen LogP contribution in [0.2, 0.25) is 0 Å². The van der Waals surface area contributed by atoms with Crippen LogP contribution in [0.4, 0.5) is 0 Å². The third-order valence-electron chi connectivity index (χ3n) is 7.62. The molecule has 0 aliphatic carbocycles. The molecule has 258 valence electrons. The van der Waals surface area contributed by atoms with Crippen LogP contribution in [-0.2, 0) is 45.0 Å². The van der Waals surface area contributed by atoms with E-state index in [0.717, 1.165) is 35.1 Å². The number of aliphatic hydroxyl groups excluding tert-OH is 2. The molecule has 0 spiro atoms. The number of aliphatic hydroxyl groups is 2. The summed E-state index contributed by atoms with van der Waals surface area (Å²) in [6.07, 6.45) is 5.43. The quantitative estimate of drug-likeness (QED) is 0.104. The maximum absolute atomic E-state index is 11.0. The average molecular weight is 695 g/mol. The molecule has 4 aromatic carbocycles. The van der Waals surface area contributed by atoms with E-state index in [1.54, 1.807) is 48.6 Å². The minimum Gasteiger partial charge on any atom is -0.392 e. The van der Waals surface area contributed by atoms with Crippen molar-refractivity contribution in [3.63, 3.8) is 0 Å². The van der Waals surface area contributed by atoms with E-state index in [4.69, 9.17) is 19.3 Å². The molecule has 0 radical (unpaired) electrons. The Bertz CT molecular complexity index is 1760. The molecular formula is C38H46O8S2. The molecule has 2 unspecified atom stereocenters. The van der Waals surface area contributed by atoms with E-state index in [0.29, 0.717) is 23.0 Å². The highest BCUT2D eigenvalue weighted by molar-refractivity contribution is 7.85. The first-order valence-electron chi connectivity index (χ1n) is 15.4. The van der Waals surface area contributed by atoms with Crippen LogP contribution in [0.1, 0.15) is 83.0 Å². The van der Waals surface area contributed by atoms with Crippen LogP contribution in [0.3, 0.4) is 0 Å². The van der Waals surface area contributed by atoms with Crippen molar-refractivity contribution < 1.29 is 36.2 Å². The van der Waals surface area contributed by atoms with Gasteiger partial charge in [-0.25, -0.2) is 0 Å². The average Bonchev–Trinajstić information content (AvgIpc) is 3.07. The van der Waals surface area contributed by atoms with E-state index in [1.165, 1.54) is 11.1 Å². The van der Waals surface area contributed by atoms with E-state index in [-0.39, 0.29) is 24.7 Å². The van der Waals surface area contributed by atoms with Crippen molar-refractivity contribution in [2.45, 2.75) is 63.2 Å². The van der Waals surface area contributed by atoms with Gasteiger partial charge in [-0.15, -0.1) is 0 Å². The van der Waals surface area contributed by atoms with Crippen molar-refractivity contribution in [1.82, 2.24) is 0 Å². The summed E-state index contributed by atoms with van der Waals surface area (Å²) in [7, 11) is -7.92. The molecule has 0 amide bonds. The topological polar surface area (TPSA) is 149 Å². The maximum atomic E-state index is 11.0. The van der Waals surface area contributed by atoms with Gasteiger partial charge in [0.15, 0.2) is 0 Å². The van der Waals surface area contributed by atoms with Gasteiger partial charge in [-0.05, 0) is 69.2 Å². The molecule has 0 bridgehead atoms. The second-order valence-electron chi connectivity index (χ2n) is 11.4. The zero-order valence-electron chi connectivity index (χ0n) is 27.4. The molecule has 0 aliphatic rings. The van der Waals surface area contributed by atoms with Gasteiger partial charge in [0.1, 0.15) is 11.5 Å². The van der Waals surface area contributed by atoms with Gasteiger partial charge < -0.3 is 10.2 Å². The van der Waals surface area contributed by atoms with Crippen molar-refractivity contribution in [2.75, 3.05) is 0 Å². The fourth-order valence-corrected chi connectivity index (χ4v) is 6.10. The minimum atomic E-state index is -3.99. The first-order chi connectivity index (χ1) is 22.7. The fourth-order valence-electron chi connectivity index (χ4n) is 4.87. The SMILES string of the molecule is C=Cc1ccc(CO)cc1.C=Cc1ccc(CS(=O)(=O)O)cc1.CCC(CC(C)c1ccc(CO)cc1)c1ccc(CS(=O)(=O)O)cc1. The molecule has 0 aliphatic heterocycles. The molecule has 10 heteroatoms. The lowest BCUT2D eigenvalue weighted by atomic mass is 9.84. The second-order valence-corrected chi connectivity index (χ2v) is 14.3. The smallest absolute Gasteiger partial charge is 0.269 e. The molecule has 4 aromatic rings. The van der Waals surface area contributed by atoms with Crippen LogP contribution in [0.5, 0.6) is 0 Å². The highest BCUT2D eigenvalue weighted by Crippen LogP contribution is 2.32. The van der Waals surface area contributed by atoms with E-state index >= 15 is 0 Å². The summed E-state index contributed by atoms with van der Waals surface area (Å²) in [6.45, 7) is 11.7. The fraction of sp³-hybridized carbons (Fsp3) is 0.263. The molecular weight excluding hydrogens is 649 g/mol. The van der Waals surface area contributed by atoms with E-state index < -0.39 is 20.2 Å². The minimum absolute atomic E-state index is 0.0577. The Kier molecular flexibility index (Phi) is 16.6. The first-order valence-corrected chi connectivity index (χ1v) is 18.6. The molecule has 4 N–H and O–H groups in total. The van der Waals surface area contributed by atoms with Gasteiger partial charge in [0.05, 0.1) is 13.2 Å². The second kappa shape index (κ2) is 19.8. The Hall–Kier alpha value is -3.90. The number of rotatable bonds is 13.